The summed E-state index contributed by atoms with van der Waals surface area (Å²) in [6.45, 7) is 12.7. The first-order chi connectivity index (χ1) is 27.4. The monoisotopic (exact) mass is 787 g/mol. The van der Waals surface area contributed by atoms with E-state index in [2.05, 4.69) is 41.8 Å². The van der Waals surface area contributed by atoms with Crippen LogP contribution in [0.4, 0.5) is 36.1 Å². The molecule has 1 aromatic carbocycles. The van der Waals surface area contributed by atoms with Crippen molar-refractivity contribution in [3.05, 3.63) is 71.7 Å². The smallest absolute Gasteiger partial charge is 0.417 e. The second-order valence-electron chi connectivity index (χ2n) is 16.2. The third kappa shape index (κ3) is 9.96. The van der Waals surface area contributed by atoms with Gasteiger partial charge in [-0.15, -0.1) is 0 Å². The normalized spacial score (nSPS) is 21.0. The number of carbonyl (C=O) groups excluding carboxylic acids is 1. The second kappa shape index (κ2) is 17.7. The SMILES string of the molecule is CC1CN(CC2CCN(c3ccc(C(=O)O)nc3)CC2)CCN1CC1CCN(c2ccc(NC(=O)C3CCN(c4ccc(C#N)c(C(F)(F)F)c4)CC3)nc2)CC1. The maximum Gasteiger partial charge on any atom is 0.417 e. The number of benzene rings is 1. The average molecular weight is 788 g/mol. The minimum atomic E-state index is -4.61. The number of rotatable bonds is 10. The number of nitriles is 1. The number of aromatic nitrogens is 2. The van der Waals surface area contributed by atoms with Gasteiger partial charge in [0.1, 0.15) is 11.5 Å². The first-order valence-electron chi connectivity index (χ1n) is 20.2. The summed E-state index contributed by atoms with van der Waals surface area (Å²) < 4.78 is 40.4. The number of nitrogens with one attached hydrogen (secondary N) is 1. The molecule has 12 nitrogen and oxygen atoms in total. The number of piperidine rings is 3. The zero-order valence-corrected chi connectivity index (χ0v) is 32.5. The van der Waals surface area contributed by atoms with Gasteiger partial charge in [-0.2, -0.15) is 18.4 Å². The number of carbonyl (C=O) groups is 2. The maximum atomic E-state index is 13.5. The molecule has 7 rings (SSSR count). The number of anilines is 4. The Labute approximate surface area is 332 Å². The van der Waals surface area contributed by atoms with Crippen molar-refractivity contribution in [3.63, 3.8) is 0 Å². The molecule has 3 aromatic rings. The maximum absolute atomic E-state index is 13.5. The molecule has 4 aliphatic heterocycles. The number of carboxylic acid groups (broad SMARTS) is 1. The lowest BCUT2D eigenvalue weighted by Crippen LogP contribution is -2.54. The van der Waals surface area contributed by atoms with Crippen LogP contribution < -0.4 is 20.0 Å². The zero-order chi connectivity index (χ0) is 40.1. The van der Waals surface area contributed by atoms with Gasteiger partial charge in [0.15, 0.2) is 0 Å². The number of piperazine rings is 1. The van der Waals surface area contributed by atoms with Gasteiger partial charge in [0.25, 0.3) is 0 Å². The summed E-state index contributed by atoms with van der Waals surface area (Å²) in [5, 5.41) is 21.2. The number of amides is 1. The van der Waals surface area contributed by atoms with Crippen LogP contribution in [0, 0.1) is 29.1 Å². The number of hydrogen-bond donors (Lipinski definition) is 2. The number of hydrogen-bond acceptors (Lipinski definition) is 10. The molecule has 57 heavy (non-hydrogen) atoms. The third-order valence-corrected chi connectivity index (χ3v) is 12.4. The zero-order valence-electron chi connectivity index (χ0n) is 32.5. The Hall–Kier alpha value is -4.94. The summed E-state index contributed by atoms with van der Waals surface area (Å²) in [6, 6.07) is 13.2. The van der Waals surface area contributed by atoms with Crippen molar-refractivity contribution >= 4 is 34.8 Å². The minimum absolute atomic E-state index is 0.0774. The fourth-order valence-corrected chi connectivity index (χ4v) is 8.99. The number of alkyl halides is 3. The molecule has 0 aliphatic carbocycles. The molecule has 0 bridgehead atoms. The standard InChI is InChI=1S/C42H52F3N9O3/c1-29-26-50(27-30-8-14-52(15-9-30)35-4-6-38(41(56)57)47-24-35)20-21-54(29)28-31-10-16-53(17-11-31)36-5-7-39(48-25-36)49-40(55)32-12-18-51(19-13-32)34-3-2-33(23-46)37(22-34)42(43,44)45/h2-7,22,24-25,29-32H,8-21,26-28H2,1H3,(H,56,57)(H,48,49,55). The van der Waals surface area contributed by atoms with Crippen LogP contribution >= 0.6 is 0 Å². The van der Waals surface area contributed by atoms with Crippen LogP contribution in [0.2, 0.25) is 0 Å². The molecule has 0 saturated carbocycles. The number of halogens is 3. The number of carboxylic acids is 1. The summed E-state index contributed by atoms with van der Waals surface area (Å²) in [4.78, 5) is 44.7. The molecule has 4 aliphatic rings. The highest BCUT2D eigenvalue weighted by atomic mass is 19.4. The molecule has 4 saturated heterocycles. The Morgan fingerprint density at radius 2 is 1.37 bits per heavy atom. The van der Waals surface area contributed by atoms with Crippen LogP contribution in [0.15, 0.2) is 54.9 Å². The van der Waals surface area contributed by atoms with Gasteiger partial charge in [0, 0.05) is 89.6 Å². The van der Waals surface area contributed by atoms with Gasteiger partial charge in [-0.1, -0.05) is 0 Å². The molecule has 15 heteroatoms. The first-order valence-corrected chi connectivity index (χ1v) is 20.2. The predicted molar refractivity (Wildman–Crippen MR) is 213 cm³/mol. The van der Waals surface area contributed by atoms with E-state index in [0.717, 1.165) is 102 Å². The molecule has 2 aromatic heterocycles. The fraction of sp³-hybridized carbons (Fsp3) is 0.548. The van der Waals surface area contributed by atoms with Crippen molar-refractivity contribution in [2.45, 2.75) is 57.7 Å². The molecule has 1 amide bonds. The number of aromatic carboxylic acids is 1. The summed E-state index contributed by atoms with van der Waals surface area (Å²) in [5.41, 5.74) is 1.18. The summed E-state index contributed by atoms with van der Waals surface area (Å²) in [6.07, 6.45) is 4.40. The quantitative estimate of drug-likeness (QED) is 0.249. The largest absolute Gasteiger partial charge is 0.477 e. The molecule has 1 unspecified atom stereocenters. The molecule has 1 atom stereocenters. The van der Waals surface area contributed by atoms with E-state index in [1.807, 2.05) is 29.3 Å². The van der Waals surface area contributed by atoms with Gasteiger partial charge in [-0.05, 0) is 99.7 Å². The lowest BCUT2D eigenvalue weighted by atomic mass is 9.94. The molecule has 4 fully saturated rings. The fourth-order valence-electron chi connectivity index (χ4n) is 8.99. The van der Waals surface area contributed by atoms with E-state index in [0.29, 0.717) is 55.3 Å². The van der Waals surface area contributed by atoms with E-state index in [1.54, 1.807) is 18.3 Å². The van der Waals surface area contributed by atoms with Gasteiger partial charge in [0.2, 0.25) is 5.91 Å². The van der Waals surface area contributed by atoms with Crippen LogP contribution in [0.5, 0.6) is 0 Å². The first kappa shape index (κ1) is 40.3. The second-order valence-corrected chi connectivity index (χ2v) is 16.2. The van der Waals surface area contributed by atoms with E-state index in [9.17, 15) is 22.8 Å². The number of nitrogens with zero attached hydrogens (tertiary/aromatic N) is 8. The third-order valence-electron chi connectivity index (χ3n) is 12.4. The van der Waals surface area contributed by atoms with Crippen LogP contribution in [-0.4, -0.2) is 115 Å². The van der Waals surface area contributed by atoms with Crippen LogP contribution in [0.1, 0.15) is 67.1 Å². The lowest BCUT2D eigenvalue weighted by molar-refractivity contribution is -0.137. The Balaban J connectivity index is 0.795. The van der Waals surface area contributed by atoms with E-state index in [1.165, 1.54) is 12.1 Å². The van der Waals surface area contributed by atoms with Crippen molar-refractivity contribution in [2.75, 3.05) is 92.0 Å². The highest BCUT2D eigenvalue weighted by Crippen LogP contribution is 2.36. The highest BCUT2D eigenvalue weighted by molar-refractivity contribution is 5.92. The Morgan fingerprint density at radius 3 is 1.91 bits per heavy atom. The van der Waals surface area contributed by atoms with Crippen LogP contribution in [-0.2, 0) is 11.0 Å². The molecule has 304 valence electrons. The molecule has 0 spiro atoms. The lowest BCUT2D eigenvalue weighted by Gasteiger charge is -2.44. The van der Waals surface area contributed by atoms with Crippen molar-refractivity contribution < 1.29 is 27.9 Å². The van der Waals surface area contributed by atoms with Gasteiger partial charge in [-0.25, -0.2) is 14.8 Å². The summed E-state index contributed by atoms with van der Waals surface area (Å²) >= 11 is 0. The van der Waals surface area contributed by atoms with Gasteiger partial charge < -0.3 is 30.0 Å². The van der Waals surface area contributed by atoms with Crippen LogP contribution in [0.3, 0.4) is 0 Å². The van der Waals surface area contributed by atoms with Gasteiger partial charge in [-0.3, -0.25) is 9.69 Å². The average Bonchev–Trinajstić information content (AvgIpc) is 3.22. The molecule has 2 N–H and O–H groups in total. The molecular weight excluding hydrogens is 736 g/mol. The Bertz CT molecular complexity index is 1880. The topological polar surface area (TPSA) is 132 Å². The molecule has 6 heterocycles. The minimum Gasteiger partial charge on any atom is -0.477 e. The molecule has 0 radical (unpaired) electrons. The van der Waals surface area contributed by atoms with E-state index < -0.39 is 23.3 Å². The van der Waals surface area contributed by atoms with Crippen molar-refractivity contribution in [3.8, 4) is 6.07 Å². The number of pyridine rings is 2. The van der Waals surface area contributed by atoms with Gasteiger partial charge >= 0.3 is 12.1 Å². The van der Waals surface area contributed by atoms with Crippen molar-refractivity contribution in [2.24, 2.45) is 17.8 Å². The Kier molecular flexibility index (Phi) is 12.5. The van der Waals surface area contributed by atoms with Crippen molar-refractivity contribution in [1.29, 1.82) is 5.26 Å². The van der Waals surface area contributed by atoms with Gasteiger partial charge in [0.05, 0.1) is 41.0 Å². The van der Waals surface area contributed by atoms with Crippen molar-refractivity contribution in [1.82, 2.24) is 19.8 Å². The highest BCUT2D eigenvalue weighted by Gasteiger charge is 2.35. The summed E-state index contributed by atoms with van der Waals surface area (Å²) in [5.74, 6) is 0.409. The Morgan fingerprint density at radius 1 is 0.789 bits per heavy atom. The van der Waals surface area contributed by atoms with E-state index >= 15 is 0 Å². The molecular formula is C42H52F3N9O3. The van der Waals surface area contributed by atoms with E-state index in [-0.39, 0.29) is 17.5 Å². The summed E-state index contributed by atoms with van der Waals surface area (Å²) in [7, 11) is 0. The van der Waals surface area contributed by atoms with Crippen LogP contribution in [0.25, 0.3) is 0 Å². The predicted octanol–water partition coefficient (Wildman–Crippen LogP) is 6.06. The van der Waals surface area contributed by atoms with E-state index in [4.69, 9.17) is 10.4 Å².